The zero-order valence-corrected chi connectivity index (χ0v) is 10.1. The van der Waals surface area contributed by atoms with Gasteiger partial charge in [0.2, 0.25) is 0 Å². The van der Waals surface area contributed by atoms with E-state index in [9.17, 15) is 9.90 Å². The lowest BCUT2D eigenvalue weighted by Crippen LogP contribution is -2.27. The van der Waals surface area contributed by atoms with Gasteiger partial charge in [-0.25, -0.2) is 0 Å². The van der Waals surface area contributed by atoms with Gasteiger partial charge in [0.25, 0.3) is 5.91 Å². The number of carbonyl (C=O) groups is 1. The largest absolute Gasteiger partial charge is 0.484 e. The number of nitrogens with zero attached hydrogens (tertiary/aromatic N) is 1. The van der Waals surface area contributed by atoms with Crippen LogP contribution in [0.4, 0.5) is 0 Å². The van der Waals surface area contributed by atoms with Gasteiger partial charge in [-0.05, 0) is 36.1 Å². The van der Waals surface area contributed by atoms with E-state index in [4.69, 9.17) is 4.74 Å². The topological polar surface area (TPSA) is 49.8 Å². The minimum atomic E-state index is -0.345. The van der Waals surface area contributed by atoms with Gasteiger partial charge in [-0.1, -0.05) is 6.07 Å². The fraction of sp³-hybridized carbons (Fsp3) is 0.462. The normalized spacial score (nSPS) is 17.7. The molecule has 1 N–H and O–H groups in total. The lowest BCUT2D eigenvalue weighted by molar-refractivity contribution is -0.130. The van der Waals surface area contributed by atoms with Gasteiger partial charge in [0.15, 0.2) is 6.61 Å². The molecule has 0 aromatic heterocycles. The average molecular weight is 235 g/mol. The van der Waals surface area contributed by atoms with Gasteiger partial charge in [-0.2, -0.15) is 0 Å². The number of aliphatic hydroxyl groups is 1. The van der Waals surface area contributed by atoms with Crippen LogP contribution in [0.1, 0.15) is 23.7 Å². The van der Waals surface area contributed by atoms with Gasteiger partial charge in [-0.3, -0.25) is 4.79 Å². The van der Waals surface area contributed by atoms with Crippen LogP contribution in [-0.2, 0) is 11.2 Å². The Kier molecular flexibility index (Phi) is 3.33. The Morgan fingerprint density at radius 2 is 2.29 bits per heavy atom. The average Bonchev–Trinajstić information content (AvgIpc) is 2.67. The molecule has 2 rings (SSSR count). The SMILES string of the molecule is CN(C)C(=O)COc1ccc2c(c1)CC[C@H]2O. The molecule has 1 aliphatic rings. The minimum absolute atomic E-state index is 0.0499. The van der Waals surface area contributed by atoms with Crippen molar-refractivity contribution in [3.8, 4) is 5.75 Å². The molecule has 1 aliphatic carbocycles. The van der Waals surface area contributed by atoms with E-state index in [-0.39, 0.29) is 18.6 Å². The molecular formula is C13H17NO3. The Balaban J connectivity index is 2.02. The lowest BCUT2D eigenvalue weighted by Gasteiger charge is -2.12. The second-order valence-electron chi connectivity index (χ2n) is 4.49. The minimum Gasteiger partial charge on any atom is -0.484 e. The standard InChI is InChI=1S/C13H17NO3/c1-14(2)13(16)8-17-10-4-5-11-9(7-10)3-6-12(11)15/h4-5,7,12,15H,3,6,8H2,1-2H3/t12-/m1/s1. The summed E-state index contributed by atoms with van der Waals surface area (Å²) in [7, 11) is 3.40. The predicted molar refractivity (Wildman–Crippen MR) is 63.9 cm³/mol. The van der Waals surface area contributed by atoms with E-state index in [2.05, 4.69) is 0 Å². The number of aliphatic hydroxyl groups excluding tert-OH is 1. The zero-order valence-electron chi connectivity index (χ0n) is 10.1. The first-order valence-corrected chi connectivity index (χ1v) is 5.72. The molecule has 0 aliphatic heterocycles. The highest BCUT2D eigenvalue weighted by molar-refractivity contribution is 5.77. The van der Waals surface area contributed by atoms with Crippen LogP contribution in [-0.4, -0.2) is 36.6 Å². The first-order valence-electron chi connectivity index (χ1n) is 5.72. The third-order valence-corrected chi connectivity index (χ3v) is 3.02. The van der Waals surface area contributed by atoms with Crippen LogP contribution in [0.25, 0.3) is 0 Å². The van der Waals surface area contributed by atoms with E-state index in [1.807, 2.05) is 12.1 Å². The van der Waals surface area contributed by atoms with Crippen molar-refractivity contribution in [2.75, 3.05) is 20.7 Å². The number of hydrogen-bond acceptors (Lipinski definition) is 3. The molecule has 0 spiro atoms. The van der Waals surface area contributed by atoms with Crippen molar-refractivity contribution in [2.45, 2.75) is 18.9 Å². The molecule has 1 aromatic rings. The van der Waals surface area contributed by atoms with Gasteiger partial charge in [-0.15, -0.1) is 0 Å². The summed E-state index contributed by atoms with van der Waals surface area (Å²) in [5, 5.41) is 9.66. The highest BCUT2D eigenvalue weighted by atomic mass is 16.5. The molecule has 92 valence electrons. The number of carbonyl (C=O) groups excluding carboxylic acids is 1. The number of benzene rings is 1. The maximum atomic E-state index is 11.4. The summed E-state index contributed by atoms with van der Waals surface area (Å²) in [4.78, 5) is 12.9. The second kappa shape index (κ2) is 4.75. The highest BCUT2D eigenvalue weighted by Gasteiger charge is 2.20. The Bertz CT molecular complexity index is 429. The molecule has 1 amide bonds. The third-order valence-electron chi connectivity index (χ3n) is 3.02. The van der Waals surface area contributed by atoms with Crippen molar-refractivity contribution in [1.29, 1.82) is 0 Å². The molecule has 4 nitrogen and oxygen atoms in total. The van der Waals surface area contributed by atoms with Crippen molar-refractivity contribution in [3.05, 3.63) is 29.3 Å². The van der Waals surface area contributed by atoms with Crippen LogP contribution in [0.5, 0.6) is 5.75 Å². The molecular weight excluding hydrogens is 218 g/mol. The van der Waals surface area contributed by atoms with Crippen LogP contribution < -0.4 is 4.74 Å². The highest BCUT2D eigenvalue weighted by Crippen LogP contribution is 2.33. The van der Waals surface area contributed by atoms with Crippen molar-refractivity contribution < 1.29 is 14.6 Å². The summed E-state index contributed by atoms with van der Waals surface area (Å²) in [6.07, 6.45) is 1.30. The summed E-state index contributed by atoms with van der Waals surface area (Å²) >= 11 is 0. The van der Waals surface area contributed by atoms with Gasteiger partial charge in [0, 0.05) is 14.1 Å². The number of amides is 1. The fourth-order valence-electron chi connectivity index (χ4n) is 1.94. The zero-order chi connectivity index (χ0) is 12.4. The van der Waals surface area contributed by atoms with Crippen LogP contribution in [0, 0.1) is 0 Å². The molecule has 0 radical (unpaired) electrons. The molecule has 0 fully saturated rings. The number of rotatable bonds is 3. The molecule has 0 saturated carbocycles. The van der Waals surface area contributed by atoms with E-state index in [1.54, 1.807) is 20.2 Å². The smallest absolute Gasteiger partial charge is 0.259 e. The molecule has 0 unspecified atom stereocenters. The van der Waals surface area contributed by atoms with Gasteiger partial charge in [0.05, 0.1) is 6.10 Å². The quantitative estimate of drug-likeness (QED) is 0.854. The molecule has 0 bridgehead atoms. The van der Waals surface area contributed by atoms with Crippen molar-refractivity contribution in [1.82, 2.24) is 4.90 Å². The molecule has 17 heavy (non-hydrogen) atoms. The summed E-state index contributed by atoms with van der Waals surface area (Å²) in [5.41, 5.74) is 2.10. The Morgan fingerprint density at radius 1 is 1.53 bits per heavy atom. The number of likely N-dealkylation sites (N-methyl/N-ethyl adjacent to an activating group) is 1. The van der Waals surface area contributed by atoms with E-state index < -0.39 is 0 Å². The lowest BCUT2D eigenvalue weighted by atomic mass is 10.1. The van der Waals surface area contributed by atoms with Crippen molar-refractivity contribution in [3.63, 3.8) is 0 Å². The molecule has 1 aromatic carbocycles. The third kappa shape index (κ3) is 2.58. The van der Waals surface area contributed by atoms with Crippen molar-refractivity contribution >= 4 is 5.91 Å². The number of ether oxygens (including phenoxy) is 1. The van der Waals surface area contributed by atoms with Crippen molar-refractivity contribution in [2.24, 2.45) is 0 Å². The van der Waals surface area contributed by atoms with E-state index in [1.165, 1.54) is 4.90 Å². The molecule has 0 heterocycles. The van der Waals surface area contributed by atoms with E-state index >= 15 is 0 Å². The first-order chi connectivity index (χ1) is 8.08. The van der Waals surface area contributed by atoms with E-state index in [0.29, 0.717) is 5.75 Å². The van der Waals surface area contributed by atoms with Crippen LogP contribution in [0.2, 0.25) is 0 Å². The van der Waals surface area contributed by atoms with Crippen LogP contribution >= 0.6 is 0 Å². The maximum Gasteiger partial charge on any atom is 0.259 e. The van der Waals surface area contributed by atoms with Gasteiger partial charge >= 0.3 is 0 Å². The summed E-state index contributed by atoms with van der Waals surface area (Å²) in [6, 6.07) is 5.59. The molecule has 1 atom stereocenters. The van der Waals surface area contributed by atoms with Crippen LogP contribution in [0.3, 0.4) is 0 Å². The van der Waals surface area contributed by atoms with Crippen LogP contribution in [0.15, 0.2) is 18.2 Å². The Morgan fingerprint density at radius 3 is 3.00 bits per heavy atom. The summed E-state index contributed by atoms with van der Waals surface area (Å²) in [5.74, 6) is 0.624. The maximum absolute atomic E-state index is 11.4. The Labute approximate surface area is 101 Å². The fourth-order valence-corrected chi connectivity index (χ4v) is 1.94. The van der Waals surface area contributed by atoms with Gasteiger partial charge < -0.3 is 14.7 Å². The van der Waals surface area contributed by atoms with E-state index in [0.717, 1.165) is 24.0 Å². The first kappa shape index (κ1) is 11.9. The number of aryl methyl sites for hydroxylation is 1. The number of fused-ring (bicyclic) bond motifs is 1. The molecule has 4 heteroatoms. The van der Waals surface area contributed by atoms with Gasteiger partial charge in [0.1, 0.15) is 5.75 Å². The monoisotopic (exact) mass is 235 g/mol. The Hall–Kier alpha value is -1.55. The number of hydrogen-bond donors (Lipinski definition) is 1. The summed E-state index contributed by atoms with van der Waals surface area (Å²) in [6.45, 7) is 0.0499. The molecule has 0 saturated heterocycles. The predicted octanol–water partition coefficient (Wildman–Crippen LogP) is 1.13. The second-order valence-corrected chi connectivity index (χ2v) is 4.49. The summed E-state index contributed by atoms with van der Waals surface area (Å²) < 4.78 is 5.42.